The smallest absolute Gasteiger partial charge is 0.0507 e. The van der Waals surface area contributed by atoms with Crippen LogP contribution >= 0.6 is 0 Å². The molecule has 1 aromatic carbocycles. The van der Waals surface area contributed by atoms with Crippen LogP contribution in [0.1, 0.15) is 17.5 Å². The number of nitrogen functional groups attached to an aromatic ring is 1. The van der Waals surface area contributed by atoms with Gasteiger partial charge in [0.1, 0.15) is 0 Å². The van der Waals surface area contributed by atoms with Crippen LogP contribution in [-0.2, 0) is 17.7 Å². The fraction of sp³-hybridized carbons (Fsp3) is 0.571. The third-order valence-electron chi connectivity index (χ3n) is 3.92. The van der Waals surface area contributed by atoms with Crippen molar-refractivity contribution in [2.75, 3.05) is 32.0 Å². The van der Waals surface area contributed by atoms with Gasteiger partial charge in [-0.3, -0.25) is 4.90 Å². The van der Waals surface area contributed by atoms with Gasteiger partial charge in [-0.15, -0.1) is 0 Å². The third-order valence-corrected chi connectivity index (χ3v) is 3.92. The molecule has 0 bridgehead atoms. The van der Waals surface area contributed by atoms with Crippen molar-refractivity contribution < 1.29 is 4.74 Å². The normalized spacial score (nSPS) is 24.8. The predicted molar refractivity (Wildman–Crippen MR) is 68.8 cm³/mol. The summed E-state index contributed by atoms with van der Waals surface area (Å²) in [6.45, 7) is 5.26. The van der Waals surface area contributed by atoms with Crippen LogP contribution in [0, 0.1) is 5.92 Å². The van der Waals surface area contributed by atoms with E-state index in [4.69, 9.17) is 10.5 Å². The minimum Gasteiger partial charge on any atom is -0.398 e. The molecule has 92 valence electrons. The number of nitrogens with two attached hydrogens (primary N) is 1. The zero-order chi connectivity index (χ0) is 11.7. The van der Waals surface area contributed by atoms with Gasteiger partial charge in [-0.2, -0.15) is 0 Å². The second-order valence-electron chi connectivity index (χ2n) is 5.20. The van der Waals surface area contributed by atoms with Gasteiger partial charge in [0.15, 0.2) is 0 Å². The molecule has 17 heavy (non-hydrogen) atoms. The van der Waals surface area contributed by atoms with Crippen molar-refractivity contribution in [2.24, 2.45) is 5.92 Å². The molecule has 1 unspecified atom stereocenters. The van der Waals surface area contributed by atoms with Gasteiger partial charge in [-0.1, -0.05) is 12.1 Å². The zero-order valence-electron chi connectivity index (χ0n) is 10.2. The molecule has 1 fully saturated rings. The monoisotopic (exact) mass is 232 g/mol. The van der Waals surface area contributed by atoms with E-state index in [-0.39, 0.29) is 0 Å². The van der Waals surface area contributed by atoms with Crippen LogP contribution in [0.3, 0.4) is 0 Å². The Bertz CT molecular complexity index is 399. The molecule has 1 atom stereocenters. The lowest BCUT2D eigenvalue weighted by Crippen LogP contribution is -2.35. The molecule has 0 spiro atoms. The van der Waals surface area contributed by atoms with Crippen molar-refractivity contribution in [1.82, 2.24) is 4.90 Å². The van der Waals surface area contributed by atoms with E-state index in [0.29, 0.717) is 0 Å². The highest BCUT2D eigenvalue weighted by molar-refractivity contribution is 5.51. The summed E-state index contributed by atoms with van der Waals surface area (Å²) < 4.78 is 5.44. The Labute approximate surface area is 103 Å². The molecule has 3 heteroatoms. The maximum atomic E-state index is 6.01. The first kappa shape index (κ1) is 11.1. The quantitative estimate of drug-likeness (QED) is 0.788. The minimum atomic E-state index is 0.734. The van der Waals surface area contributed by atoms with E-state index in [1.807, 2.05) is 6.07 Å². The minimum absolute atomic E-state index is 0.734. The molecular formula is C14H20N2O. The molecule has 2 N–H and O–H groups in total. The molecule has 2 aliphatic heterocycles. The van der Waals surface area contributed by atoms with Crippen molar-refractivity contribution in [3.05, 3.63) is 29.3 Å². The summed E-state index contributed by atoms with van der Waals surface area (Å²) in [5, 5.41) is 0. The average Bonchev–Trinajstić information content (AvgIpc) is 2.82. The third kappa shape index (κ3) is 2.31. The molecule has 0 radical (unpaired) electrons. The van der Waals surface area contributed by atoms with Crippen molar-refractivity contribution in [2.45, 2.75) is 19.4 Å². The number of ether oxygens (including phenoxy) is 1. The van der Waals surface area contributed by atoms with E-state index in [2.05, 4.69) is 17.0 Å². The molecule has 1 saturated heterocycles. The lowest BCUT2D eigenvalue weighted by atomic mass is 9.97. The maximum Gasteiger partial charge on any atom is 0.0507 e. The molecule has 2 aliphatic rings. The van der Waals surface area contributed by atoms with Crippen LogP contribution < -0.4 is 5.73 Å². The number of benzene rings is 1. The Morgan fingerprint density at radius 1 is 1.41 bits per heavy atom. The Kier molecular flexibility index (Phi) is 3.04. The number of hydrogen-bond acceptors (Lipinski definition) is 3. The van der Waals surface area contributed by atoms with Gasteiger partial charge in [-0.25, -0.2) is 0 Å². The second kappa shape index (κ2) is 4.67. The molecule has 3 nitrogen and oxygen atoms in total. The predicted octanol–water partition coefficient (Wildman–Crippen LogP) is 1.66. The van der Waals surface area contributed by atoms with Crippen LogP contribution in [0.5, 0.6) is 0 Å². The van der Waals surface area contributed by atoms with Crippen molar-refractivity contribution in [1.29, 1.82) is 0 Å². The second-order valence-corrected chi connectivity index (χ2v) is 5.20. The number of fused-ring (bicyclic) bond motifs is 1. The first-order valence-electron chi connectivity index (χ1n) is 6.49. The summed E-state index contributed by atoms with van der Waals surface area (Å²) >= 11 is 0. The van der Waals surface area contributed by atoms with Crippen LogP contribution in [-0.4, -0.2) is 31.2 Å². The number of rotatable bonds is 2. The first-order valence-corrected chi connectivity index (χ1v) is 6.49. The molecule has 0 aromatic heterocycles. The van der Waals surface area contributed by atoms with Gasteiger partial charge >= 0.3 is 0 Å². The lowest BCUT2D eigenvalue weighted by Gasteiger charge is -2.31. The van der Waals surface area contributed by atoms with Crippen LogP contribution in [0.25, 0.3) is 0 Å². The fourth-order valence-corrected chi connectivity index (χ4v) is 2.95. The van der Waals surface area contributed by atoms with E-state index in [1.54, 1.807) is 0 Å². The van der Waals surface area contributed by atoms with Crippen molar-refractivity contribution in [3.8, 4) is 0 Å². The average molecular weight is 232 g/mol. The van der Waals surface area contributed by atoms with Crippen LogP contribution in [0.4, 0.5) is 5.69 Å². The summed E-state index contributed by atoms with van der Waals surface area (Å²) in [7, 11) is 0. The lowest BCUT2D eigenvalue weighted by molar-refractivity contribution is 0.162. The van der Waals surface area contributed by atoms with E-state index in [1.165, 1.54) is 24.1 Å². The van der Waals surface area contributed by atoms with Gasteiger partial charge < -0.3 is 10.5 Å². The number of hydrogen-bond donors (Lipinski definition) is 1. The maximum absolute atomic E-state index is 6.01. The highest BCUT2D eigenvalue weighted by atomic mass is 16.5. The van der Waals surface area contributed by atoms with Crippen LogP contribution in [0.15, 0.2) is 18.2 Å². The first-order chi connectivity index (χ1) is 8.33. The highest BCUT2D eigenvalue weighted by Crippen LogP contribution is 2.25. The Morgan fingerprint density at radius 2 is 2.35 bits per heavy atom. The molecule has 1 aromatic rings. The zero-order valence-corrected chi connectivity index (χ0v) is 10.2. The van der Waals surface area contributed by atoms with Crippen molar-refractivity contribution >= 4 is 5.69 Å². The number of nitrogens with zero attached hydrogens (tertiary/aromatic N) is 1. The van der Waals surface area contributed by atoms with Gasteiger partial charge in [0, 0.05) is 31.9 Å². The highest BCUT2D eigenvalue weighted by Gasteiger charge is 2.23. The topological polar surface area (TPSA) is 38.5 Å². The summed E-state index contributed by atoms with van der Waals surface area (Å²) in [4.78, 5) is 2.54. The molecule has 0 aliphatic carbocycles. The Balaban J connectivity index is 1.68. The van der Waals surface area contributed by atoms with Crippen molar-refractivity contribution in [3.63, 3.8) is 0 Å². The summed E-state index contributed by atoms with van der Waals surface area (Å²) in [6, 6.07) is 6.29. The van der Waals surface area contributed by atoms with E-state index in [9.17, 15) is 0 Å². The van der Waals surface area contributed by atoms with E-state index in [0.717, 1.165) is 44.3 Å². The summed E-state index contributed by atoms with van der Waals surface area (Å²) in [6.07, 6.45) is 2.32. The summed E-state index contributed by atoms with van der Waals surface area (Å²) in [5.74, 6) is 0.734. The standard InChI is InChI=1S/C14H20N2O/c15-14-3-1-2-12-9-16(6-4-13(12)14)8-11-5-7-17-10-11/h1-3,11H,4-10,15H2. The van der Waals surface area contributed by atoms with Gasteiger partial charge in [0.25, 0.3) is 0 Å². The Morgan fingerprint density at radius 3 is 3.18 bits per heavy atom. The van der Waals surface area contributed by atoms with Gasteiger partial charge in [-0.05, 0) is 36.0 Å². The Hall–Kier alpha value is -1.06. The number of anilines is 1. The van der Waals surface area contributed by atoms with Crippen LogP contribution in [0.2, 0.25) is 0 Å². The van der Waals surface area contributed by atoms with E-state index >= 15 is 0 Å². The largest absolute Gasteiger partial charge is 0.398 e. The van der Waals surface area contributed by atoms with Gasteiger partial charge in [0.2, 0.25) is 0 Å². The summed E-state index contributed by atoms with van der Waals surface area (Å²) in [5.41, 5.74) is 9.76. The molecule has 0 amide bonds. The molecule has 2 heterocycles. The van der Waals surface area contributed by atoms with Gasteiger partial charge in [0.05, 0.1) is 6.61 Å². The molecular weight excluding hydrogens is 212 g/mol. The van der Waals surface area contributed by atoms with E-state index < -0.39 is 0 Å². The fourth-order valence-electron chi connectivity index (χ4n) is 2.95. The SMILES string of the molecule is Nc1cccc2c1CCN(CC1CCOC1)C2. The molecule has 3 rings (SSSR count). The molecule has 0 saturated carbocycles.